The van der Waals surface area contributed by atoms with Crippen molar-refractivity contribution in [2.75, 3.05) is 18.1 Å². The smallest absolute Gasteiger partial charge is 0.303 e. The Balaban J connectivity index is 2.07. The second-order valence-corrected chi connectivity index (χ2v) is 6.98. The summed E-state index contributed by atoms with van der Waals surface area (Å²) in [6.45, 7) is 2.37. The summed E-state index contributed by atoms with van der Waals surface area (Å²) in [4.78, 5) is 34.2. The van der Waals surface area contributed by atoms with Crippen LogP contribution in [-0.4, -0.2) is 47.0 Å². The van der Waals surface area contributed by atoms with Crippen molar-refractivity contribution in [2.24, 2.45) is 0 Å². The number of carbonyl (C=O) groups excluding carboxylic acids is 2. The van der Waals surface area contributed by atoms with Crippen molar-refractivity contribution in [3.05, 3.63) is 35.9 Å². The molecule has 0 spiro atoms. The summed E-state index contributed by atoms with van der Waals surface area (Å²) in [7, 11) is 0. The number of amides is 2. The zero-order chi connectivity index (χ0) is 18.5. The van der Waals surface area contributed by atoms with Gasteiger partial charge in [0.05, 0.1) is 0 Å². The van der Waals surface area contributed by atoms with Gasteiger partial charge in [0, 0.05) is 36.7 Å². The van der Waals surface area contributed by atoms with Gasteiger partial charge in [-0.15, -0.1) is 0 Å². The number of hydrogen-bond acceptors (Lipinski definition) is 4. The number of rotatable bonds is 12. The van der Waals surface area contributed by atoms with Crippen LogP contribution in [0.2, 0.25) is 0 Å². The van der Waals surface area contributed by atoms with Crippen LogP contribution in [0.4, 0.5) is 0 Å². The zero-order valence-corrected chi connectivity index (χ0v) is 15.3. The van der Waals surface area contributed by atoms with Crippen LogP contribution in [0.1, 0.15) is 43.0 Å². The molecule has 7 heteroatoms. The molecule has 0 radical (unpaired) electrons. The van der Waals surface area contributed by atoms with Crippen molar-refractivity contribution >= 4 is 29.5 Å². The second kappa shape index (κ2) is 12.4. The first kappa shape index (κ1) is 21.0. The number of carboxylic acid groups (broad SMARTS) is 1. The van der Waals surface area contributed by atoms with Gasteiger partial charge in [0.2, 0.25) is 5.91 Å². The van der Waals surface area contributed by atoms with Gasteiger partial charge in [-0.1, -0.05) is 18.2 Å². The Hall–Kier alpha value is -2.02. The molecule has 0 fully saturated rings. The van der Waals surface area contributed by atoms with E-state index in [0.29, 0.717) is 18.5 Å². The van der Waals surface area contributed by atoms with Crippen LogP contribution >= 0.6 is 11.8 Å². The fraction of sp³-hybridized carbons (Fsp3) is 0.500. The standard InChI is InChI=1S/C18H26N2O4S/c1-14(20-18(24)15-7-3-2-4-8-15)13-16(21)19-10-12-25-11-6-5-9-17(22)23/h2-4,7-8,14H,5-6,9-13H2,1H3,(H,19,21)(H,20,24)(H,22,23). The van der Waals surface area contributed by atoms with Gasteiger partial charge in [0.1, 0.15) is 0 Å². The van der Waals surface area contributed by atoms with E-state index >= 15 is 0 Å². The molecule has 0 aliphatic rings. The van der Waals surface area contributed by atoms with Gasteiger partial charge >= 0.3 is 5.97 Å². The maximum Gasteiger partial charge on any atom is 0.303 e. The van der Waals surface area contributed by atoms with Gasteiger partial charge < -0.3 is 15.7 Å². The molecule has 138 valence electrons. The molecule has 3 N–H and O–H groups in total. The molecule has 0 saturated carbocycles. The highest BCUT2D eigenvalue weighted by Gasteiger charge is 2.12. The molecule has 0 aromatic heterocycles. The summed E-state index contributed by atoms with van der Waals surface area (Å²) in [5.74, 6) is 0.659. The topological polar surface area (TPSA) is 95.5 Å². The van der Waals surface area contributed by atoms with Crippen molar-refractivity contribution in [1.82, 2.24) is 10.6 Å². The van der Waals surface area contributed by atoms with Crippen molar-refractivity contribution in [3.63, 3.8) is 0 Å². The third kappa shape index (κ3) is 10.4. The van der Waals surface area contributed by atoms with Gasteiger partial charge in [0.25, 0.3) is 5.91 Å². The van der Waals surface area contributed by atoms with Crippen LogP contribution in [0.5, 0.6) is 0 Å². The number of carboxylic acids is 1. The number of aliphatic carboxylic acids is 1. The minimum atomic E-state index is -0.759. The molecule has 1 aromatic rings. The lowest BCUT2D eigenvalue weighted by Gasteiger charge is -2.14. The Labute approximate surface area is 152 Å². The maximum atomic E-state index is 12.0. The molecule has 1 atom stereocenters. The maximum absolute atomic E-state index is 12.0. The van der Waals surface area contributed by atoms with E-state index in [2.05, 4.69) is 10.6 Å². The number of benzene rings is 1. The van der Waals surface area contributed by atoms with Crippen molar-refractivity contribution < 1.29 is 19.5 Å². The predicted molar refractivity (Wildman–Crippen MR) is 99.8 cm³/mol. The van der Waals surface area contributed by atoms with Gasteiger partial charge in [0.15, 0.2) is 0 Å². The van der Waals surface area contributed by atoms with Crippen LogP contribution in [-0.2, 0) is 9.59 Å². The summed E-state index contributed by atoms with van der Waals surface area (Å²) in [5, 5.41) is 14.2. The van der Waals surface area contributed by atoms with Crippen molar-refractivity contribution in [2.45, 2.75) is 38.6 Å². The van der Waals surface area contributed by atoms with E-state index in [1.165, 1.54) is 0 Å². The molecular formula is C18H26N2O4S. The predicted octanol–water partition coefficient (Wildman–Crippen LogP) is 2.30. The highest BCUT2D eigenvalue weighted by Crippen LogP contribution is 2.05. The van der Waals surface area contributed by atoms with Crippen LogP contribution < -0.4 is 10.6 Å². The molecule has 0 bridgehead atoms. The van der Waals surface area contributed by atoms with E-state index in [4.69, 9.17) is 5.11 Å². The first-order valence-corrected chi connectivity index (χ1v) is 9.56. The lowest BCUT2D eigenvalue weighted by atomic mass is 10.1. The van der Waals surface area contributed by atoms with E-state index in [9.17, 15) is 14.4 Å². The minimum Gasteiger partial charge on any atom is -0.481 e. The summed E-state index contributed by atoms with van der Waals surface area (Å²) in [5.41, 5.74) is 0.578. The largest absolute Gasteiger partial charge is 0.481 e. The molecule has 6 nitrogen and oxygen atoms in total. The lowest BCUT2D eigenvalue weighted by Crippen LogP contribution is -2.37. The Morgan fingerprint density at radius 2 is 1.84 bits per heavy atom. The highest BCUT2D eigenvalue weighted by atomic mass is 32.2. The molecule has 25 heavy (non-hydrogen) atoms. The summed E-state index contributed by atoms with van der Waals surface area (Å²) >= 11 is 1.70. The van der Waals surface area contributed by atoms with E-state index in [1.54, 1.807) is 43.0 Å². The van der Waals surface area contributed by atoms with E-state index in [-0.39, 0.29) is 30.7 Å². The van der Waals surface area contributed by atoms with Crippen LogP contribution in [0.3, 0.4) is 0 Å². The van der Waals surface area contributed by atoms with E-state index < -0.39 is 5.97 Å². The normalized spacial score (nSPS) is 11.6. The van der Waals surface area contributed by atoms with Crippen molar-refractivity contribution in [3.8, 4) is 0 Å². The van der Waals surface area contributed by atoms with Crippen molar-refractivity contribution in [1.29, 1.82) is 0 Å². The number of unbranched alkanes of at least 4 members (excludes halogenated alkanes) is 1. The average molecular weight is 366 g/mol. The van der Waals surface area contributed by atoms with E-state index in [0.717, 1.165) is 17.9 Å². The third-order valence-electron chi connectivity index (χ3n) is 3.40. The average Bonchev–Trinajstić information content (AvgIpc) is 2.57. The SMILES string of the molecule is CC(CC(=O)NCCSCCCCC(=O)O)NC(=O)c1ccccc1. The van der Waals surface area contributed by atoms with Crippen LogP contribution in [0, 0.1) is 0 Å². The summed E-state index contributed by atoms with van der Waals surface area (Å²) in [6.07, 6.45) is 2.01. The molecule has 1 rings (SSSR count). The number of carbonyl (C=O) groups is 3. The summed E-state index contributed by atoms with van der Waals surface area (Å²) < 4.78 is 0. The second-order valence-electron chi connectivity index (χ2n) is 5.76. The Morgan fingerprint density at radius 1 is 1.12 bits per heavy atom. The first-order chi connectivity index (χ1) is 12.0. The third-order valence-corrected chi connectivity index (χ3v) is 4.47. The highest BCUT2D eigenvalue weighted by molar-refractivity contribution is 7.99. The fourth-order valence-electron chi connectivity index (χ4n) is 2.14. The molecule has 0 heterocycles. The molecule has 2 amide bonds. The number of hydrogen-bond donors (Lipinski definition) is 3. The van der Waals surface area contributed by atoms with Gasteiger partial charge in [-0.2, -0.15) is 11.8 Å². The molecular weight excluding hydrogens is 340 g/mol. The Bertz CT molecular complexity index is 551. The summed E-state index contributed by atoms with van der Waals surface area (Å²) in [6, 6.07) is 8.66. The molecule has 1 aromatic carbocycles. The number of nitrogens with one attached hydrogen (secondary N) is 2. The minimum absolute atomic E-state index is 0.0904. The first-order valence-electron chi connectivity index (χ1n) is 8.41. The fourth-order valence-corrected chi connectivity index (χ4v) is 3.00. The Morgan fingerprint density at radius 3 is 2.52 bits per heavy atom. The lowest BCUT2D eigenvalue weighted by molar-refractivity contribution is -0.137. The van der Waals surface area contributed by atoms with Gasteiger partial charge in [-0.05, 0) is 37.7 Å². The van der Waals surface area contributed by atoms with Gasteiger partial charge in [-0.25, -0.2) is 0 Å². The van der Waals surface area contributed by atoms with Crippen LogP contribution in [0.15, 0.2) is 30.3 Å². The van der Waals surface area contributed by atoms with E-state index in [1.807, 2.05) is 6.07 Å². The zero-order valence-electron chi connectivity index (χ0n) is 14.5. The molecule has 0 aliphatic carbocycles. The van der Waals surface area contributed by atoms with Crippen LogP contribution in [0.25, 0.3) is 0 Å². The molecule has 0 saturated heterocycles. The Kier molecular flexibility index (Phi) is 10.4. The quantitative estimate of drug-likeness (QED) is 0.493. The molecule has 1 unspecified atom stereocenters. The number of thioether (sulfide) groups is 1. The van der Waals surface area contributed by atoms with Gasteiger partial charge in [-0.3, -0.25) is 14.4 Å². The molecule has 0 aliphatic heterocycles. The monoisotopic (exact) mass is 366 g/mol.